The molecule has 1 N–H and O–H groups in total. The van der Waals surface area contributed by atoms with Crippen LogP contribution in [-0.4, -0.2) is 60.9 Å². The summed E-state index contributed by atoms with van der Waals surface area (Å²) >= 11 is 0. The number of amides is 1. The number of nitrogens with one attached hydrogen (secondary N) is 1. The van der Waals surface area contributed by atoms with E-state index < -0.39 is 18.8 Å². The number of ether oxygens (including phenoxy) is 1. The van der Waals surface area contributed by atoms with Crippen molar-refractivity contribution >= 4 is 5.91 Å². The maximum absolute atomic E-state index is 12.7. The molecule has 0 radical (unpaired) electrons. The number of halogens is 3. The zero-order valence-corrected chi connectivity index (χ0v) is 15.9. The molecule has 26 heavy (non-hydrogen) atoms. The second-order valence-corrected chi connectivity index (χ2v) is 7.08. The third-order valence-electron chi connectivity index (χ3n) is 5.27. The van der Waals surface area contributed by atoms with Crippen LogP contribution in [0.2, 0.25) is 0 Å². The fourth-order valence-corrected chi connectivity index (χ4v) is 3.66. The van der Waals surface area contributed by atoms with E-state index in [4.69, 9.17) is 4.74 Å². The van der Waals surface area contributed by atoms with E-state index in [0.29, 0.717) is 6.42 Å². The zero-order valence-electron chi connectivity index (χ0n) is 15.9. The smallest absolute Gasteiger partial charge is 0.361 e. The van der Waals surface area contributed by atoms with Gasteiger partial charge in [0, 0.05) is 39.2 Å². The van der Waals surface area contributed by atoms with Gasteiger partial charge in [0.15, 0.2) is 0 Å². The van der Waals surface area contributed by atoms with Crippen LogP contribution in [0.4, 0.5) is 13.2 Å². The Morgan fingerprint density at radius 1 is 1.31 bits per heavy atom. The van der Waals surface area contributed by atoms with Crippen molar-refractivity contribution in [2.45, 2.75) is 70.8 Å². The van der Waals surface area contributed by atoms with Gasteiger partial charge in [-0.25, -0.2) is 0 Å². The SMILES string of the molecule is CC/C(C)=C(/NC(CC(F)(F)F)OC)N1CCC(N2CCCC2=O)CC1. The fraction of sp³-hybridized carbons (Fsp3) is 0.833. The molecule has 2 heterocycles. The van der Waals surface area contributed by atoms with Gasteiger partial charge >= 0.3 is 6.18 Å². The summed E-state index contributed by atoms with van der Waals surface area (Å²) in [5, 5.41) is 2.96. The van der Waals surface area contributed by atoms with Crippen molar-refractivity contribution in [2.24, 2.45) is 0 Å². The summed E-state index contributed by atoms with van der Waals surface area (Å²) in [6, 6.07) is 0.248. The molecule has 2 saturated heterocycles. The molecule has 0 aliphatic carbocycles. The van der Waals surface area contributed by atoms with Crippen molar-refractivity contribution in [3.05, 3.63) is 11.4 Å². The van der Waals surface area contributed by atoms with Crippen LogP contribution in [0.5, 0.6) is 0 Å². The fourth-order valence-electron chi connectivity index (χ4n) is 3.66. The first kappa shape index (κ1) is 20.9. The van der Waals surface area contributed by atoms with Gasteiger partial charge in [-0.2, -0.15) is 13.2 Å². The highest BCUT2D eigenvalue weighted by Crippen LogP contribution is 2.26. The first-order valence-electron chi connectivity index (χ1n) is 9.35. The number of alkyl halides is 3. The number of hydrogen-bond acceptors (Lipinski definition) is 4. The van der Waals surface area contributed by atoms with Gasteiger partial charge in [-0.1, -0.05) is 6.92 Å². The van der Waals surface area contributed by atoms with Gasteiger partial charge in [0.05, 0.1) is 6.42 Å². The highest BCUT2D eigenvalue weighted by molar-refractivity contribution is 5.78. The Bertz CT molecular complexity index is 514. The van der Waals surface area contributed by atoms with Gasteiger partial charge in [-0.15, -0.1) is 0 Å². The van der Waals surface area contributed by atoms with Gasteiger partial charge in [-0.3, -0.25) is 4.79 Å². The Hall–Kier alpha value is -1.44. The zero-order chi connectivity index (χ0) is 19.3. The Labute approximate surface area is 153 Å². The molecule has 2 fully saturated rings. The molecule has 2 rings (SSSR count). The Kier molecular flexibility index (Phi) is 7.20. The lowest BCUT2D eigenvalue weighted by molar-refractivity contribution is -0.160. The molecule has 1 unspecified atom stereocenters. The normalized spacial score (nSPS) is 21.8. The first-order valence-corrected chi connectivity index (χ1v) is 9.35. The van der Waals surface area contributed by atoms with Crippen molar-refractivity contribution in [3.63, 3.8) is 0 Å². The average molecular weight is 377 g/mol. The molecule has 1 atom stereocenters. The third-order valence-corrected chi connectivity index (χ3v) is 5.27. The van der Waals surface area contributed by atoms with Crippen LogP contribution in [-0.2, 0) is 9.53 Å². The number of piperidine rings is 1. The van der Waals surface area contributed by atoms with Crippen LogP contribution in [0.25, 0.3) is 0 Å². The second-order valence-electron chi connectivity index (χ2n) is 7.08. The minimum Gasteiger partial charge on any atom is -0.361 e. The highest BCUT2D eigenvalue weighted by Gasteiger charge is 2.34. The van der Waals surface area contributed by atoms with E-state index >= 15 is 0 Å². The molecule has 2 aliphatic rings. The van der Waals surface area contributed by atoms with Gasteiger partial charge in [0.25, 0.3) is 0 Å². The van der Waals surface area contributed by atoms with Crippen molar-refractivity contribution in [1.82, 2.24) is 15.1 Å². The van der Waals surface area contributed by atoms with Crippen molar-refractivity contribution in [2.75, 3.05) is 26.7 Å². The van der Waals surface area contributed by atoms with Crippen LogP contribution < -0.4 is 5.32 Å². The lowest BCUT2D eigenvalue weighted by atomic mass is 10.0. The molecule has 0 aromatic heterocycles. The second kappa shape index (κ2) is 8.97. The lowest BCUT2D eigenvalue weighted by Gasteiger charge is -2.40. The molecule has 2 aliphatic heterocycles. The Morgan fingerprint density at radius 2 is 1.96 bits per heavy atom. The van der Waals surface area contributed by atoms with Crippen molar-refractivity contribution in [1.29, 1.82) is 0 Å². The summed E-state index contributed by atoms with van der Waals surface area (Å²) < 4.78 is 43.2. The molecular weight excluding hydrogens is 347 g/mol. The maximum Gasteiger partial charge on any atom is 0.393 e. The summed E-state index contributed by atoms with van der Waals surface area (Å²) in [6.07, 6.45) is -2.46. The number of methoxy groups -OCH3 is 1. The van der Waals surface area contributed by atoms with E-state index in [1.807, 2.05) is 18.7 Å². The molecule has 0 bridgehead atoms. The number of nitrogens with zero attached hydrogens (tertiary/aromatic N) is 2. The van der Waals surface area contributed by atoms with Gasteiger partial charge < -0.3 is 19.9 Å². The van der Waals surface area contributed by atoms with Crippen LogP contribution in [0.1, 0.15) is 52.4 Å². The quantitative estimate of drug-likeness (QED) is 0.692. The van der Waals surface area contributed by atoms with E-state index in [-0.39, 0.29) is 11.9 Å². The highest BCUT2D eigenvalue weighted by atomic mass is 19.4. The predicted octanol–water partition coefficient (Wildman–Crippen LogP) is 3.23. The minimum absolute atomic E-state index is 0.228. The number of allylic oxidation sites excluding steroid dienone is 1. The number of hydrogen-bond donors (Lipinski definition) is 1. The van der Waals surface area contributed by atoms with Crippen LogP contribution >= 0.6 is 0 Å². The van der Waals surface area contributed by atoms with E-state index in [1.54, 1.807) is 0 Å². The molecule has 0 saturated carbocycles. The summed E-state index contributed by atoms with van der Waals surface area (Å²) in [4.78, 5) is 16.0. The first-order chi connectivity index (χ1) is 12.2. The molecular formula is C18H30F3N3O2. The summed E-state index contributed by atoms with van der Waals surface area (Å²) in [7, 11) is 1.29. The van der Waals surface area contributed by atoms with Crippen LogP contribution in [0.3, 0.4) is 0 Å². The number of carbonyl (C=O) groups is 1. The lowest BCUT2D eigenvalue weighted by Crippen LogP contribution is -2.48. The Balaban J connectivity index is 2.01. The summed E-state index contributed by atoms with van der Waals surface area (Å²) in [5.74, 6) is 0.960. The number of rotatable bonds is 7. The van der Waals surface area contributed by atoms with E-state index in [9.17, 15) is 18.0 Å². The molecule has 0 aromatic carbocycles. The Morgan fingerprint density at radius 3 is 2.42 bits per heavy atom. The summed E-state index contributed by atoms with van der Waals surface area (Å²) in [6.45, 7) is 6.18. The van der Waals surface area contributed by atoms with Crippen LogP contribution in [0.15, 0.2) is 11.4 Å². The topological polar surface area (TPSA) is 44.8 Å². The largest absolute Gasteiger partial charge is 0.393 e. The molecule has 1 amide bonds. The molecule has 0 spiro atoms. The van der Waals surface area contributed by atoms with Gasteiger partial charge in [-0.05, 0) is 38.2 Å². The maximum atomic E-state index is 12.7. The molecule has 5 nitrogen and oxygen atoms in total. The van der Waals surface area contributed by atoms with E-state index in [1.165, 1.54) is 7.11 Å². The van der Waals surface area contributed by atoms with E-state index in [0.717, 1.165) is 56.7 Å². The van der Waals surface area contributed by atoms with E-state index in [2.05, 4.69) is 10.2 Å². The number of likely N-dealkylation sites (tertiary alicyclic amines) is 2. The predicted molar refractivity (Wildman–Crippen MR) is 93.1 cm³/mol. The van der Waals surface area contributed by atoms with Crippen molar-refractivity contribution in [3.8, 4) is 0 Å². The standard InChI is InChI=1S/C18H30F3N3O2/c1-4-13(2)17(22-15(26-3)12-18(19,20)21)23-10-7-14(8-11-23)24-9-5-6-16(24)25/h14-15,22H,4-12H2,1-3H3/b17-13-. The minimum atomic E-state index is -4.29. The molecule has 8 heteroatoms. The van der Waals surface area contributed by atoms with Crippen LogP contribution in [0, 0.1) is 0 Å². The summed E-state index contributed by atoms with van der Waals surface area (Å²) in [5.41, 5.74) is 1.00. The van der Waals surface area contributed by atoms with Gasteiger partial charge in [0.2, 0.25) is 5.91 Å². The number of carbonyl (C=O) groups excluding carboxylic acids is 1. The average Bonchev–Trinajstić information content (AvgIpc) is 3.03. The monoisotopic (exact) mass is 377 g/mol. The third kappa shape index (κ3) is 5.53. The molecule has 150 valence electrons. The van der Waals surface area contributed by atoms with Crippen molar-refractivity contribution < 1.29 is 22.7 Å². The molecule has 0 aromatic rings. The van der Waals surface area contributed by atoms with Gasteiger partial charge in [0.1, 0.15) is 12.0 Å².